The summed E-state index contributed by atoms with van der Waals surface area (Å²) in [4.78, 5) is 30.4. The van der Waals surface area contributed by atoms with Crippen molar-refractivity contribution in [2.24, 2.45) is 0 Å². The van der Waals surface area contributed by atoms with Crippen molar-refractivity contribution in [1.29, 1.82) is 0 Å². The topological polar surface area (TPSA) is 86.8 Å². The highest BCUT2D eigenvalue weighted by molar-refractivity contribution is 6.39. The van der Waals surface area contributed by atoms with Gasteiger partial charge in [-0.1, -0.05) is 65.7 Å². The number of hydrogen-bond acceptors (Lipinski definition) is 6. The molecule has 0 aliphatic rings. The smallest absolute Gasteiger partial charge is 0.329 e. The van der Waals surface area contributed by atoms with Crippen molar-refractivity contribution < 1.29 is 23.8 Å². The Morgan fingerprint density at radius 2 is 1.49 bits per heavy atom. The molecular weight excluding hydrogens is 539 g/mol. The molecule has 1 aromatic heterocycles. The molecule has 0 aliphatic heterocycles. The van der Waals surface area contributed by atoms with E-state index in [4.69, 9.17) is 37.4 Å². The molecule has 200 valence electrons. The van der Waals surface area contributed by atoms with Gasteiger partial charge in [-0.15, -0.1) is 0 Å². The molecule has 0 unspecified atom stereocenters. The summed E-state index contributed by atoms with van der Waals surface area (Å²) >= 11 is 12.4. The van der Waals surface area contributed by atoms with Crippen LogP contribution in [-0.2, 0) is 22.6 Å². The van der Waals surface area contributed by atoms with Crippen LogP contribution in [-0.4, -0.2) is 37.1 Å². The fourth-order valence-electron chi connectivity index (χ4n) is 4.05. The molecule has 0 spiro atoms. The van der Waals surface area contributed by atoms with Crippen molar-refractivity contribution in [3.05, 3.63) is 112 Å². The Hall–Kier alpha value is -4.07. The van der Waals surface area contributed by atoms with E-state index in [0.29, 0.717) is 17.2 Å². The number of carbonyl (C=O) groups is 2. The Morgan fingerprint density at radius 1 is 0.846 bits per heavy atom. The monoisotopic (exact) mass is 564 g/mol. The van der Waals surface area contributed by atoms with Crippen LogP contribution in [0.3, 0.4) is 0 Å². The van der Waals surface area contributed by atoms with E-state index in [1.807, 2.05) is 42.5 Å². The zero-order valence-electron chi connectivity index (χ0n) is 21.3. The molecular formula is C30H26Cl2N2O5. The number of methoxy groups -OCH3 is 2. The summed E-state index contributed by atoms with van der Waals surface area (Å²) in [5, 5.41) is 3.09. The van der Waals surface area contributed by atoms with Crippen LogP contribution in [0.5, 0.6) is 11.5 Å². The van der Waals surface area contributed by atoms with Gasteiger partial charge in [0.2, 0.25) is 0 Å². The standard InChI is InChI=1S/C30H26Cl2N2O5/c1-37-25-10-6-11-26(38-2)27(25)20-14-12-19(13-15-20)17-24(30(36)39-18-21-7-3-4-16-33-21)34-29(35)28-22(31)8-5-9-23(28)32/h3-16,24H,17-18H2,1-2H3,(H,34,35)/t24-/m0/s1. The van der Waals surface area contributed by atoms with Gasteiger partial charge < -0.3 is 19.5 Å². The molecule has 9 heteroatoms. The van der Waals surface area contributed by atoms with Crippen molar-refractivity contribution >= 4 is 35.1 Å². The molecule has 1 N–H and O–H groups in total. The summed E-state index contributed by atoms with van der Waals surface area (Å²) in [5.41, 5.74) is 3.14. The fraction of sp³-hybridized carbons (Fsp3) is 0.167. The van der Waals surface area contributed by atoms with E-state index < -0.39 is 17.9 Å². The van der Waals surface area contributed by atoms with Crippen molar-refractivity contribution in [2.45, 2.75) is 19.1 Å². The van der Waals surface area contributed by atoms with Gasteiger partial charge in [-0.05, 0) is 47.5 Å². The lowest BCUT2D eigenvalue weighted by molar-refractivity contribution is -0.147. The molecule has 0 bridgehead atoms. The second-order valence-corrected chi connectivity index (χ2v) is 9.30. The molecule has 0 saturated heterocycles. The Kier molecular flexibility index (Phi) is 9.41. The predicted molar refractivity (Wildman–Crippen MR) is 150 cm³/mol. The number of rotatable bonds is 10. The summed E-state index contributed by atoms with van der Waals surface area (Å²) in [6.45, 7) is -0.0363. The number of amides is 1. The van der Waals surface area contributed by atoms with E-state index in [-0.39, 0.29) is 28.6 Å². The van der Waals surface area contributed by atoms with Crippen LogP contribution in [0.4, 0.5) is 0 Å². The quantitative estimate of drug-likeness (QED) is 0.232. The first-order chi connectivity index (χ1) is 18.9. The number of aromatic nitrogens is 1. The Balaban J connectivity index is 1.58. The van der Waals surface area contributed by atoms with Crippen LogP contribution in [0.25, 0.3) is 11.1 Å². The highest BCUT2D eigenvalue weighted by atomic mass is 35.5. The lowest BCUT2D eigenvalue weighted by Crippen LogP contribution is -2.43. The lowest BCUT2D eigenvalue weighted by atomic mass is 9.99. The molecule has 1 atom stereocenters. The summed E-state index contributed by atoms with van der Waals surface area (Å²) in [6, 6.07) is 22.2. The molecule has 0 radical (unpaired) electrons. The number of nitrogens with zero attached hydrogens (tertiary/aromatic N) is 1. The maximum absolute atomic E-state index is 13.1. The number of pyridine rings is 1. The van der Waals surface area contributed by atoms with Crippen molar-refractivity contribution in [2.75, 3.05) is 14.2 Å². The first-order valence-electron chi connectivity index (χ1n) is 12.0. The Labute approximate surface area is 236 Å². The third-order valence-electron chi connectivity index (χ3n) is 5.98. The van der Waals surface area contributed by atoms with Crippen LogP contribution in [0.1, 0.15) is 21.6 Å². The van der Waals surface area contributed by atoms with Crippen molar-refractivity contribution in [1.82, 2.24) is 10.3 Å². The number of benzene rings is 3. The van der Waals surface area contributed by atoms with Gasteiger partial charge in [-0.2, -0.15) is 0 Å². The first kappa shape index (κ1) is 28.0. The highest BCUT2D eigenvalue weighted by Gasteiger charge is 2.26. The predicted octanol–water partition coefficient (Wildman–Crippen LogP) is 6.16. The van der Waals surface area contributed by atoms with Gasteiger partial charge >= 0.3 is 5.97 Å². The molecule has 3 aromatic carbocycles. The molecule has 0 aliphatic carbocycles. The molecule has 0 saturated carbocycles. The number of carbonyl (C=O) groups excluding carboxylic acids is 2. The third-order valence-corrected chi connectivity index (χ3v) is 6.61. The average molecular weight is 565 g/mol. The van der Waals surface area contributed by atoms with Gasteiger partial charge in [0, 0.05) is 12.6 Å². The Bertz CT molecular complexity index is 1400. The minimum atomic E-state index is -1.01. The average Bonchev–Trinajstić information content (AvgIpc) is 2.96. The van der Waals surface area contributed by atoms with Crippen LogP contribution >= 0.6 is 23.2 Å². The van der Waals surface area contributed by atoms with Gasteiger partial charge in [0.05, 0.1) is 41.1 Å². The molecule has 0 fully saturated rings. The van der Waals surface area contributed by atoms with Gasteiger partial charge in [0.25, 0.3) is 5.91 Å². The lowest BCUT2D eigenvalue weighted by Gasteiger charge is -2.19. The van der Waals surface area contributed by atoms with Crippen LogP contribution in [0.15, 0.2) is 85.1 Å². The van der Waals surface area contributed by atoms with Crippen LogP contribution in [0.2, 0.25) is 10.0 Å². The second kappa shape index (κ2) is 13.1. The van der Waals surface area contributed by atoms with Crippen LogP contribution < -0.4 is 14.8 Å². The van der Waals surface area contributed by atoms with E-state index in [9.17, 15) is 9.59 Å². The molecule has 1 amide bonds. The van der Waals surface area contributed by atoms with E-state index in [1.54, 1.807) is 56.8 Å². The third kappa shape index (κ3) is 6.88. The van der Waals surface area contributed by atoms with Gasteiger partial charge in [0.15, 0.2) is 0 Å². The minimum Gasteiger partial charge on any atom is -0.496 e. The van der Waals surface area contributed by atoms with Crippen molar-refractivity contribution in [3.8, 4) is 22.6 Å². The van der Waals surface area contributed by atoms with Gasteiger partial charge in [-0.25, -0.2) is 4.79 Å². The normalized spacial score (nSPS) is 11.4. The summed E-state index contributed by atoms with van der Waals surface area (Å²) in [7, 11) is 3.20. The van der Waals surface area contributed by atoms with Crippen LogP contribution in [0, 0.1) is 0 Å². The number of ether oxygens (including phenoxy) is 3. The van der Waals surface area contributed by atoms with Crippen molar-refractivity contribution in [3.63, 3.8) is 0 Å². The number of nitrogens with one attached hydrogen (secondary N) is 1. The summed E-state index contributed by atoms with van der Waals surface area (Å²) in [5.74, 6) is 0.136. The van der Waals surface area contributed by atoms with Gasteiger partial charge in [-0.3, -0.25) is 9.78 Å². The fourth-order valence-corrected chi connectivity index (χ4v) is 4.62. The molecule has 39 heavy (non-hydrogen) atoms. The van der Waals surface area contributed by atoms with E-state index in [0.717, 1.165) is 16.7 Å². The number of hydrogen-bond donors (Lipinski definition) is 1. The largest absolute Gasteiger partial charge is 0.496 e. The van der Waals surface area contributed by atoms with Gasteiger partial charge in [0.1, 0.15) is 24.1 Å². The van der Waals surface area contributed by atoms with E-state index >= 15 is 0 Å². The maximum atomic E-state index is 13.1. The summed E-state index contributed by atoms with van der Waals surface area (Å²) in [6.07, 6.45) is 1.78. The highest BCUT2D eigenvalue weighted by Crippen LogP contribution is 2.38. The maximum Gasteiger partial charge on any atom is 0.329 e. The SMILES string of the molecule is COc1cccc(OC)c1-c1ccc(C[C@H](NC(=O)c2c(Cl)cccc2Cl)C(=O)OCc2ccccn2)cc1. The number of halogens is 2. The Morgan fingerprint density at radius 3 is 2.08 bits per heavy atom. The molecule has 1 heterocycles. The minimum absolute atomic E-state index is 0.0363. The molecule has 4 rings (SSSR count). The molecule has 4 aromatic rings. The molecule has 7 nitrogen and oxygen atoms in total. The summed E-state index contributed by atoms with van der Waals surface area (Å²) < 4.78 is 16.5. The van der Waals surface area contributed by atoms with E-state index in [1.165, 1.54) is 0 Å². The first-order valence-corrected chi connectivity index (χ1v) is 12.8. The zero-order chi connectivity index (χ0) is 27.8. The number of esters is 1. The van der Waals surface area contributed by atoms with E-state index in [2.05, 4.69) is 10.3 Å². The second-order valence-electron chi connectivity index (χ2n) is 8.49. The zero-order valence-corrected chi connectivity index (χ0v) is 22.8.